The highest BCUT2D eigenvalue weighted by atomic mass is 35.5. The number of aromatic nitrogens is 1. The molecular weight excluding hydrogens is 258 g/mol. The Morgan fingerprint density at radius 2 is 2.00 bits per heavy atom. The number of aryl methyl sites for hydroxylation is 1. The van der Waals surface area contributed by atoms with Crippen LogP contribution in [0.5, 0.6) is 11.5 Å². The van der Waals surface area contributed by atoms with Crippen LogP contribution in [0.4, 0.5) is 0 Å². The highest BCUT2D eigenvalue weighted by Crippen LogP contribution is 2.32. The zero-order valence-corrected chi connectivity index (χ0v) is 12.2. The first-order valence-electron chi connectivity index (χ1n) is 6.39. The molecule has 0 saturated carbocycles. The van der Waals surface area contributed by atoms with Crippen LogP contribution in [0, 0.1) is 6.92 Å². The van der Waals surface area contributed by atoms with Gasteiger partial charge in [0.1, 0.15) is 11.5 Å². The molecule has 0 fully saturated rings. The molecular formula is C16H18ClNO. The molecule has 0 aliphatic carbocycles. The van der Waals surface area contributed by atoms with Crippen molar-refractivity contribution in [2.24, 2.45) is 0 Å². The highest BCUT2D eigenvalue weighted by molar-refractivity contribution is 6.17. The van der Waals surface area contributed by atoms with Gasteiger partial charge in [0.2, 0.25) is 0 Å². The number of hydrogen-bond donors (Lipinski definition) is 0. The SMILES string of the molecule is Cc1ccc(C(C)C)c(Oc2cnccc2CCl)c1. The first kappa shape index (κ1) is 13.9. The van der Waals surface area contributed by atoms with Gasteiger partial charge in [0, 0.05) is 11.8 Å². The summed E-state index contributed by atoms with van der Waals surface area (Å²) in [5, 5.41) is 0. The summed E-state index contributed by atoms with van der Waals surface area (Å²) in [5.41, 5.74) is 3.32. The van der Waals surface area contributed by atoms with Gasteiger partial charge in [-0.3, -0.25) is 4.98 Å². The molecule has 3 heteroatoms. The fourth-order valence-corrected chi connectivity index (χ4v) is 2.16. The Kier molecular flexibility index (Phi) is 4.43. The van der Waals surface area contributed by atoms with E-state index in [1.165, 1.54) is 11.1 Å². The predicted octanol–water partition coefficient (Wildman–Crippen LogP) is 5.04. The van der Waals surface area contributed by atoms with E-state index >= 15 is 0 Å². The summed E-state index contributed by atoms with van der Waals surface area (Å²) < 4.78 is 6.03. The maximum absolute atomic E-state index is 6.03. The van der Waals surface area contributed by atoms with E-state index < -0.39 is 0 Å². The normalized spacial score (nSPS) is 10.8. The molecule has 2 nitrogen and oxygen atoms in total. The van der Waals surface area contributed by atoms with E-state index in [1.54, 1.807) is 12.4 Å². The minimum Gasteiger partial charge on any atom is -0.455 e. The third-order valence-electron chi connectivity index (χ3n) is 3.03. The van der Waals surface area contributed by atoms with Crippen molar-refractivity contribution in [2.45, 2.75) is 32.6 Å². The molecule has 0 amide bonds. The van der Waals surface area contributed by atoms with Crippen LogP contribution in [0.3, 0.4) is 0 Å². The molecule has 0 unspecified atom stereocenters. The van der Waals surface area contributed by atoms with Crippen molar-refractivity contribution in [3.8, 4) is 11.5 Å². The Hall–Kier alpha value is -1.54. The topological polar surface area (TPSA) is 22.1 Å². The summed E-state index contributed by atoms with van der Waals surface area (Å²) in [6.45, 7) is 6.37. The summed E-state index contributed by atoms with van der Waals surface area (Å²) in [7, 11) is 0. The summed E-state index contributed by atoms with van der Waals surface area (Å²) in [5.74, 6) is 2.44. The van der Waals surface area contributed by atoms with Crippen LogP contribution in [-0.2, 0) is 5.88 Å². The van der Waals surface area contributed by atoms with Crippen LogP contribution < -0.4 is 4.74 Å². The second kappa shape index (κ2) is 6.07. The molecule has 1 aromatic heterocycles. The lowest BCUT2D eigenvalue weighted by atomic mass is 10.0. The second-order valence-electron chi connectivity index (χ2n) is 4.92. The average Bonchev–Trinajstić information content (AvgIpc) is 2.39. The van der Waals surface area contributed by atoms with Gasteiger partial charge < -0.3 is 4.74 Å². The molecule has 0 N–H and O–H groups in total. The first-order valence-corrected chi connectivity index (χ1v) is 6.92. The fraction of sp³-hybridized carbons (Fsp3) is 0.312. The summed E-state index contributed by atoms with van der Waals surface area (Å²) in [6.07, 6.45) is 3.44. The third kappa shape index (κ3) is 3.27. The number of ether oxygens (including phenoxy) is 1. The van der Waals surface area contributed by atoms with Crippen molar-refractivity contribution in [3.63, 3.8) is 0 Å². The van der Waals surface area contributed by atoms with Crippen LogP contribution in [0.15, 0.2) is 36.7 Å². The maximum Gasteiger partial charge on any atom is 0.150 e. The summed E-state index contributed by atoms with van der Waals surface area (Å²) in [6, 6.07) is 8.16. The Balaban J connectivity index is 2.39. The Labute approximate surface area is 119 Å². The molecule has 19 heavy (non-hydrogen) atoms. The van der Waals surface area contributed by atoms with Gasteiger partial charge in [-0.15, -0.1) is 11.6 Å². The van der Waals surface area contributed by atoms with E-state index in [9.17, 15) is 0 Å². The van der Waals surface area contributed by atoms with Crippen molar-refractivity contribution >= 4 is 11.6 Å². The van der Waals surface area contributed by atoms with Crippen molar-refractivity contribution in [3.05, 3.63) is 53.3 Å². The lowest BCUT2D eigenvalue weighted by Gasteiger charge is -2.15. The number of hydrogen-bond acceptors (Lipinski definition) is 2. The minimum absolute atomic E-state index is 0.409. The molecule has 0 aliphatic heterocycles. The molecule has 0 radical (unpaired) electrons. The van der Waals surface area contributed by atoms with E-state index in [1.807, 2.05) is 6.07 Å². The van der Waals surface area contributed by atoms with Crippen molar-refractivity contribution in [1.82, 2.24) is 4.98 Å². The van der Waals surface area contributed by atoms with Crippen LogP contribution in [0.1, 0.15) is 36.5 Å². The standard InChI is InChI=1S/C16H18ClNO/c1-11(2)14-5-4-12(3)8-15(14)19-16-10-18-7-6-13(16)9-17/h4-8,10-11H,9H2,1-3H3. The maximum atomic E-state index is 6.03. The molecule has 1 heterocycles. The number of nitrogens with zero attached hydrogens (tertiary/aromatic N) is 1. The van der Waals surface area contributed by atoms with Gasteiger partial charge in [0.15, 0.2) is 0 Å². The summed E-state index contributed by atoms with van der Waals surface area (Å²) >= 11 is 5.92. The largest absolute Gasteiger partial charge is 0.455 e. The average molecular weight is 276 g/mol. The van der Waals surface area contributed by atoms with Gasteiger partial charge in [-0.1, -0.05) is 26.0 Å². The van der Waals surface area contributed by atoms with Gasteiger partial charge in [-0.05, 0) is 36.1 Å². The van der Waals surface area contributed by atoms with Crippen LogP contribution in [0.2, 0.25) is 0 Å². The van der Waals surface area contributed by atoms with Crippen molar-refractivity contribution in [1.29, 1.82) is 0 Å². The van der Waals surface area contributed by atoms with Crippen LogP contribution in [0.25, 0.3) is 0 Å². The second-order valence-corrected chi connectivity index (χ2v) is 5.18. The van der Waals surface area contributed by atoms with Gasteiger partial charge >= 0.3 is 0 Å². The monoisotopic (exact) mass is 275 g/mol. The number of alkyl halides is 1. The van der Waals surface area contributed by atoms with Gasteiger partial charge in [0.25, 0.3) is 0 Å². The predicted molar refractivity (Wildman–Crippen MR) is 79.1 cm³/mol. The molecule has 0 saturated heterocycles. The van der Waals surface area contributed by atoms with E-state index in [0.29, 0.717) is 11.8 Å². The number of halogens is 1. The third-order valence-corrected chi connectivity index (χ3v) is 3.31. The highest BCUT2D eigenvalue weighted by Gasteiger charge is 2.11. The molecule has 0 bridgehead atoms. The smallest absolute Gasteiger partial charge is 0.150 e. The van der Waals surface area contributed by atoms with E-state index in [-0.39, 0.29) is 0 Å². The molecule has 0 aliphatic rings. The van der Waals surface area contributed by atoms with Gasteiger partial charge in [-0.25, -0.2) is 0 Å². The van der Waals surface area contributed by atoms with Crippen LogP contribution >= 0.6 is 11.6 Å². The molecule has 0 spiro atoms. The molecule has 100 valence electrons. The Morgan fingerprint density at radius 1 is 1.21 bits per heavy atom. The molecule has 2 aromatic rings. The number of pyridine rings is 1. The summed E-state index contributed by atoms with van der Waals surface area (Å²) in [4.78, 5) is 4.10. The zero-order chi connectivity index (χ0) is 13.8. The fourth-order valence-electron chi connectivity index (χ4n) is 1.94. The lowest BCUT2D eigenvalue weighted by Crippen LogP contribution is -1.97. The Morgan fingerprint density at radius 3 is 2.68 bits per heavy atom. The van der Waals surface area contributed by atoms with Crippen molar-refractivity contribution in [2.75, 3.05) is 0 Å². The quantitative estimate of drug-likeness (QED) is 0.729. The number of benzene rings is 1. The molecule has 2 rings (SSSR count). The molecule has 0 atom stereocenters. The van der Waals surface area contributed by atoms with E-state index in [2.05, 4.69) is 44.0 Å². The lowest BCUT2D eigenvalue weighted by molar-refractivity contribution is 0.466. The Bertz CT molecular complexity index is 566. The van der Waals surface area contributed by atoms with Gasteiger partial charge in [0.05, 0.1) is 12.1 Å². The van der Waals surface area contributed by atoms with Gasteiger partial charge in [-0.2, -0.15) is 0 Å². The first-order chi connectivity index (χ1) is 9.11. The van der Waals surface area contributed by atoms with E-state index in [4.69, 9.17) is 16.3 Å². The minimum atomic E-state index is 0.409. The van der Waals surface area contributed by atoms with E-state index in [0.717, 1.165) is 17.1 Å². The van der Waals surface area contributed by atoms with Crippen molar-refractivity contribution < 1.29 is 4.74 Å². The number of rotatable bonds is 4. The van der Waals surface area contributed by atoms with Crippen LogP contribution in [-0.4, -0.2) is 4.98 Å². The molecule has 1 aromatic carbocycles. The zero-order valence-electron chi connectivity index (χ0n) is 11.5.